The predicted molar refractivity (Wildman–Crippen MR) is 16.9 cm³/mol. The largest absolute Gasteiger partial charge is 3.00 e. The molecule has 7 heavy (non-hydrogen) atoms. The SMILES string of the molecule is O=C([O-])[O-].[Al+3].[Al+3].[Na+]. The van der Waals surface area contributed by atoms with Crippen LogP contribution in [0.2, 0.25) is 0 Å². The second kappa shape index (κ2) is 15.7. The van der Waals surface area contributed by atoms with Gasteiger partial charge in [0.15, 0.2) is 0 Å². The molecule has 24 valence electrons. The van der Waals surface area contributed by atoms with Gasteiger partial charge < -0.3 is 15.0 Å². The molecule has 0 bridgehead atoms. The first-order valence-electron chi connectivity index (χ1n) is 0.612. The van der Waals surface area contributed by atoms with Crippen LogP contribution in [0.15, 0.2) is 0 Å². The van der Waals surface area contributed by atoms with Crippen LogP contribution in [0.3, 0.4) is 0 Å². The Labute approximate surface area is 84.6 Å². The molecule has 0 heterocycles. The maximum Gasteiger partial charge on any atom is 3.00 e. The Morgan fingerprint density at radius 1 is 1.14 bits per heavy atom. The van der Waals surface area contributed by atoms with Gasteiger partial charge in [0, 0.05) is 0 Å². The first kappa shape index (κ1) is 23.9. The van der Waals surface area contributed by atoms with Gasteiger partial charge >= 0.3 is 64.3 Å². The summed E-state index contributed by atoms with van der Waals surface area (Å²) in [6.07, 6.45) is -2.33. The molecule has 0 unspecified atom stereocenters. The van der Waals surface area contributed by atoms with Crippen LogP contribution in [0.4, 0.5) is 4.79 Å². The van der Waals surface area contributed by atoms with E-state index in [2.05, 4.69) is 0 Å². The summed E-state index contributed by atoms with van der Waals surface area (Å²) in [6, 6.07) is 0. The zero-order valence-electron chi connectivity index (χ0n) is 3.88. The molecule has 0 saturated heterocycles. The first-order valence-corrected chi connectivity index (χ1v) is 0.612. The van der Waals surface area contributed by atoms with Crippen molar-refractivity contribution in [1.29, 1.82) is 0 Å². The number of rotatable bonds is 0. The van der Waals surface area contributed by atoms with Crippen LogP contribution >= 0.6 is 0 Å². The zero-order valence-corrected chi connectivity index (χ0v) is 8.19. The summed E-state index contributed by atoms with van der Waals surface area (Å²) in [4.78, 5) is 8.33. The first-order chi connectivity index (χ1) is 1.73. The number of hydrogen-bond donors (Lipinski definition) is 0. The van der Waals surface area contributed by atoms with Crippen molar-refractivity contribution in [2.45, 2.75) is 0 Å². The molecule has 0 fully saturated rings. The topological polar surface area (TPSA) is 63.2 Å². The van der Waals surface area contributed by atoms with E-state index in [0.717, 1.165) is 0 Å². The van der Waals surface area contributed by atoms with Crippen LogP contribution in [-0.2, 0) is 0 Å². The molecular formula is CAl2NaO3+5. The Kier molecular flexibility index (Phi) is 53.4. The van der Waals surface area contributed by atoms with E-state index in [0.29, 0.717) is 0 Å². The molecule has 0 spiro atoms. The molecule has 0 aliphatic heterocycles. The number of carbonyl (C=O) groups excluding carboxylic acids is 1. The van der Waals surface area contributed by atoms with Crippen molar-refractivity contribution in [3.63, 3.8) is 0 Å². The standard InChI is InChI=1S/CH2O3.2Al.Na/c2-1(3)4;;;/h(H2,2,3,4);;;/q;2*+3;+1/p-2. The van der Waals surface area contributed by atoms with E-state index in [1.165, 1.54) is 0 Å². The smallest absolute Gasteiger partial charge is 0.652 e. The minimum absolute atomic E-state index is 0. The minimum Gasteiger partial charge on any atom is -0.652 e. The molecule has 0 N–H and O–H groups in total. The summed E-state index contributed by atoms with van der Waals surface area (Å²) >= 11 is 0. The fourth-order valence-corrected chi connectivity index (χ4v) is 0. The van der Waals surface area contributed by atoms with Gasteiger partial charge in [-0.15, -0.1) is 0 Å². The van der Waals surface area contributed by atoms with Crippen LogP contribution < -0.4 is 39.8 Å². The second-order valence-corrected chi connectivity index (χ2v) is 0.250. The summed E-state index contributed by atoms with van der Waals surface area (Å²) in [5.41, 5.74) is 0. The summed E-state index contributed by atoms with van der Waals surface area (Å²) in [6.45, 7) is 0. The molecule has 0 aromatic rings. The fourth-order valence-electron chi connectivity index (χ4n) is 0. The van der Waals surface area contributed by atoms with Gasteiger partial charge in [0.05, 0.1) is 0 Å². The van der Waals surface area contributed by atoms with Gasteiger partial charge in [0.1, 0.15) is 0 Å². The van der Waals surface area contributed by atoms with E-state index < -0.39 is 6.16 Å². The average molecular weight is 137 g/mol. The Morgan fingerprint density at radius 3 is 1.14 bits per heavy atom. The van der Waals surface area contributed by atoms with Gasteiger partial charge in [0.25, 0.3) is 0 Å². The third-order valence-corrected chi connectivity index (χ3v) is 0. The summed E-state index contributed by atoms with van der Waals surface area (Å²) in [7, 11) is 0. The maximum atomic E-state index is 8.33. The molecule has 6 heteroatoms. The van der Waals surface area contributed by atoms with Gasteiger partial charge in [-0.3, -0.25) is 0 Å². The van der Waals surface area contributed by atoms with Crippen LogP contribution in [0, 0.1) is 0 Å². The maximum absolute atomic E-state index is 8.33. The van der Waals surface area contributed by atoms with Crippen LogP contribution in [0.1, 0.15) is 0 Å². The third kappa shape index (κ3) is 117. The van der Waals surface area contributed by atoms with E-state index >= 15 is 0 Å². The Morgan fingerprint density at radius 2 is 1.14 bits per heavy atom. The van der Waals surface area contributed by atoms with Crippen molar-refractivity contribution in [1.82, 2.24) is 0 Å². The van der Waals surface area contributed by atoms with E-state index in [1.54, 1.807) is 0 Å². The Balaban J connectivity index is -0.0000000150. The number of carboxylic acid groups (broad SMARTS) is 2. The van der Waals surface area contributed by atoms with Gasteiger partial charge in [-0.25, -0.2) is 0 Å². The van der Waals surface area contributed by atoms with Crippen molar-refractivity contribution < 1.29 is 44.6 Å². The van der Waals surface area contributed by atoms with Crippen molar-refractivity contribution in [2.24, 2.45) is 0 Å². The number of carbonyl (C=O) groups is 1. The molecule has 0 radical (unpaired) electrons. The van der Waals surface area contributed by atoms with Crippen molar-refractivity contribution >= 4 is 40.9 Å². The van der Waals surface area contributed by atoms with Gasteiger partial charge in [-0.05, 0) is 6.16 Å². The van der Waals surface area contributed by atoms with E-state index in [-0.39, 0.29) is 64.3 Å². The molecular weight excluding hydrogens is 137 g/mol. The zero-order chi connectivity index (χ0) is 3.58. The van der Waals surface area contributed by atoms with E-state index in [1.807, 2.05) is 0 Å². The molecule has 0 saturated carbocycles. The average Bonchev–Trinajstić information content (AvgIpc) is 0.811. The summed E-state index contributed by atoms with van der Waals surface area (Å²) < 4.78 is 0. The monoisotopic (exact) mass is 137 g/mol. The molecule has 0 aromatic heterocycles. The molecule has 0 amide bonds. The van der Waals surface area contributed by atoms with Crippen LogP contribution in [0.5, 0.6) is 0 Å². The minimum atomic E-state index is -2.33. The molecule has 0 rings (SSSR count). The van der Waals surface area contributed by atoms with Crippen molar-refractivity contribution in [3.05, 3.63) is 0 Å². The predicted octanol–water partition coefficient (Wildman–Crippen LogP) is -6.20. The molecule has 0 aromatic carbocycles. The number of hydrogen-bond acceptors (Lipinski definition) is 3. The Bertz CT molecular complexity index is 35.9. The molecule has 0 aliphatic rings. The second-order valence-electron chi connectivity index (χ2n) is 0.250. The summed E-state index contributed by atoms with van der Waals surface area (Å²) in [5.74, 6) is 0. The third-order valence-electron chi connectivity index (χ3n) is 0. The van der Waals surface area contributed by atoms with Gasteiger partial charge in [-0.2, -0.15) is 0 Å². The van der Waals surface area contributed by atoms with E-state index in [4.69, 9.17) is 15.0 Å². The molecule has 0 atom stereocenters. The van der Waals surface area contributed by atoms with Gasteiger partial charge in [-0.1, -0.05) is 0 Å². The van der Waals surface area contributed by atoms with Crippen LogP contribution in [-0.4, -0.2) is 40.9 Å². The van der Waals surface area contributed by atoms with Gasteiger partial charge in [0.2, 0.25) is 0 Å². The van der Waals surface area contributed by atoms with Crippen molar-refractivity contribution in [2.75, 3.05) is 0 Å². The van der Waals surface area contributed by atoms with E-state index in [9.17, 15) is 0 Å². The molecule has 0 aliphatic carbocycles. The Hall–Kier alpha value is 1.33. The van der Waals surface area contributed by atoms with Crippen molar-refractivity contribution in [3.8, 4) is 0 Å². The normalized spacial score (nSPS) is 3.43. The summed E-state index contributed by atoms with van der Waals surface area (Å²) in [5, 5.41) is 16.7. The molecule has 3 nitrogen and oxygen atoms in total. The van der Waals surface area contributed by atoms with Crippen LogP contribution in [0.25, 0.3) is 0 Å². The fraction of sp³-hybridized carbons (Fsp3) is 0. The quantitative estimate of drug-likeness (QED) is 0.312.